The fourth-order valence-electron chi connectivity index (χ4n) is 2.34. The fraction of sp³-hybridized carbons (Fsp3) is 1.00. The molecular weight excluding hydrogens is 200 g/mol. The van der Waals surface area contributed by atoms with Gasteiger partial charge in [0.2, 0.25) is 0 Å². The zero-order valence-electron chi connectivity index (χ0n) is 8.54. The van der Waals surface area contributed by atoms with E-state index in [0.29, 0.717) is 11.5 Å². The molecule has 0 aliphatic carbocycles. The van der Waals surface area contributed by atoms with Crippen molar-refractivity contribution in [2.75, 3.05) is 24.6 Å². The summed E-state index contributed by atoms with van der Waals surface area (Å²) in [6.07, 6.45) is 1.86. The highest BCUT2D eigenvalue weighted by atomic mass is 32.2. The molecule has 4 nitrogen and oxygen atoms in total. The average molecular weight is 218 g/mol. The summed E-state index contributed by atoms with van der Waals surface area (Å²) in [6.45, 7) is 4.14. The Labute approximate surface area is 85.4 Å². The Kier molecular flexibility index (Phi) is 2.57. The van der Waals surface area contributed by atoms with Gasteiger partial charge in [-0.1, -0.05) is 0 Å². The van der Waals surface area contributed by atoms with E-state index in [1.54, 1.807) is 0 Å². The minimum absolute atomic E-state index is 0.102. The first kappa shape index (κ1) is 10.4. The SMILES string of the molecule is CC1(NC2CCS(=O)(=O)C2)CCNC1. The van der Waals surface area contributed by atoms with Crippen LogP contribution >= 0.6 is 0 Å². The number of hydrogen-bond donors (Lipinski definition) is 2. The Morgan fingerprint density at radius 3 is 2.79 bits per heavy atom. The second-order valence-electron chi connectivity index (χ2n) is 4.73. The third kappa shape index (κ3) is 2.27. The molecule has 0 amide bonds. The van der Waals surface area contributed by atoms with Crippen LogP contribution in [0.5, 0.6) is 0 Å². The maximum atomic E-state index is 11.3. The van der Waals surface area contributed by atoms with E-state index >= 15 is 0 Å². The third-order valence-corrected chi connectivity index (χ3v) is 4.92. The third-order valence-electron chi connectivity index (χ3n) is 3.15. The van der Waals surface area contributed by atoms with Crippen LogP contribution in [0.1, 0.15) is 19.8 Å². The zero-order valence-corrected chi connectivity index (χ0v) is 9.36. The summed E-state index contributed by atoms with van der Waals surface area (Å²) < 4.78 is 22.5. The molecule has 2 unspecified atom stereocenters. The highest BCUT2D eigenvalue weighted by molar-refractivity contribution is 7.91. The lowest BCUT2D eigenvalue weighted by Crippen LogP contribution is -2.50. The summed E-state index contributed by atoms with van der Waals surface area (Å²) in [6, 6.07) is 0.171. The van der Waals surface area contributed by atoms with Crippen molar-refractivity contribution >= 4 is 9.84 Å². The van der Waals surface area contributed by atoms with Crippen LogP contribution < -0.4 is 10.6 Å². The number of hydrogen-bond acceptors (Lipinski definition) is 4. The van der Waals surface area contributed by atoms with Gasteiger partial charge in [-0.2, -0.15) is 0 Å². The molecule has 5 heteroatoms. The largest absolute Gasteiger partial charge is 0.315 e. The molecule has 2 aliphatic heterocycles. The lowest BCUT2D eigenvalue weighted by Gasteiger charge is -2.28. The Morgan fingerprint density at radius 1 is 1.50 bits per heavy atom. The Bertz CT molecular complexity index is 307. The van der Waals surface area contributed by atoms with Crippen LogP contribution in [0.4, 0.5) is 0 Å². The lowest BCUT2D eigenvalue weighted by molar-refractivity contribution is 0.345. The molecule has 0 aromatic heterocycles. The van der Waals surface area contributed by atoms with Crippen LogP contribution in [0.3, 0.4) is 0 Å². The first-order valence-corrected chi connectivity index (χ1v) is 7.00. The molecule has 0 aromatic carbocycles. The van der Waals surface area contributed by atoms with E-state index < -0.39 is 9.84 Å². The van der Waals surface area contributed by atoms with Gasteiger partial charge in [-0.05, 0) is 26.3 Å². The van der Waals surface area contributed by atoms with Crippen molar-refractivity contribution in [3.63, 3.8) is 0 Å². The highest BCUT2D eigenvalue weighted by Gasteiger charge is 2.35. The molecule has 0 radical (unpaired) electrons. The van der Waals surface area contributed by atoms with Crippen LogP contribution in [0, 0.1) is 0 Å². The predicted octanol–water partition coefficient (Wildman–Crippen LogP) is -0.485. The van der Waals surface area contributed by atoms with Crippen molar-refractivity contribution in [3.05, 3.63) is 0 Å². The first-order valence-electron chi connectivity index (χ1n) is 5.18. The van der Waals surface area contributed by atoms with Crippen molar-refractivity contribution < 1.29 is 8.42 Å². The molecule has 2 rings (SSSR count). The predicted molar refractivity (Wildman–Crippen MR) is 56.1 cm³/mol. The van der Waals surface area contributed by atoms with E-state index in [1.165, 1.54) is 0 Å². The topological polar surface area (TPSA) is 58.2 Å². The summed E-state index contributed by atoms with van der Waals surface area (Å²) in [5.41, 5.74) is 0.102. The molecule has 0 bridgehead atoms. The average Bonchev–Trinajstić information content (AvgIpc) is 2.59. The number of nitrogens with one attached hydrogen (secondary N) is 2. The summed E-state index contributed by atoms with van der Waals surface area (Å²) >= 11 is 0. The van der Waals surface area contributed by atoms with Gasteiger partial charge in [-0.15, -0.1) is 0 Å². The first-order chi connectivity index (χ1) is 6.49. The maximum Gasteiger partial charge on any atom is 0.151 e. The summed E-state index contributed by atoms with van der Waals surface area (Å²) in [4.78, 5) is 0. The Balaban J connectivity index is 1.93. The van der Waals surface area contributed by atoms with Crippen molar-refractivity contribution in [3.8, 4) is 0 Å². The molecule has 2 heterocycles. The second kappa shape index (κ2) is 3.47. The van der Waals surface area contributed by atoms with Crippen molar-refractivity contribution in [2.45, 2.75) is 31.3 Å². The number of sulfone groups is 1. The standard InChI is InChI=1S/C9H18N2O2S/c1-9(3-4-10-7-9)11-8-2-5-14(12,13)6-8/h8,10-11H,2-7H2,1H3. The quantitative estimate of drug-likeness (QED) is 0.657. The van der Waals surface area contributed by atoms with Crippen LogP contribution in [-0.4, -0.2) is 44.6 Å². The smallest absolute Gasteiger partial charge is 0.151 e. The molecule has 2 aliphatic rings. The molecular formula is C9H18N2O2S. The van der Waals surface area contributed by atoms with Crippen LogP contribution in [0.25, 0.3) is 0 Å². The molecule has 2 N–H and O–H groups in total. The van der Waals surface area contributed by atoms with Gasteiger partial charge in [0.25, 0.3) is 0 Å². The molecule has 2 fully saturated rings. The van der Waals surface area contributed by atoms with Gasteiger partial charge in [0.05, 0.1) is 11.5 Å². The van der Waals surface area contributed by atoms with E-state index in [9.17, 15) is 8.42 Å². The van der Waals surface area contributed by atoms with E-state index in [-0.39, 0.29) is 11.6 Å². The maximum absolute atomic E-state index is 11.3. The van der Waals surface area contributed by atoms with Gasteiger partial charge < -0.3 is 10.6 Å². The van der Waals surface area contributed by atoms with Crippen LogP contribution in [0.2, 0.25) is 0 Å². The molecule has 14 heavy (non-hydrogen) atoms. The fourth-order valence-corrected chi connectivity index (χ4v) is 4.02. The molecule has 2 saturated heterocycles. The van der Waals surface area contributed by atoms with E-state index in [4.69, 9.17) is 0 Å². The second-order valence-corrected chi connectivity index (χ2v) is 6.96. The Morgan fingerprint density at radius 2 is 2.29 bits per heavy atom. The zero-order chi connectivity index (χ0) is 10.2. The normalized spacial score (nSPS) is 41.6. The van der Waals surface area contributed by atoms with Gasteiger partial charge in [-0.25, -0.2) is 8.42 Å². The van der Waals surface area contributed by atoms with Crippen molar-refractivity contribution in [2.24, 2.45) is 0 Å². The summed E-state index contributed by atoms with van der Waals surface area (Å²) in [5, 5.41) is 6.76. The van der Waals surface area contributed by atoms with E-state index in [2.05, 4.69) is 17.6 Å². The molecule has 2 atom stereocenters. The van der Waals surface area contributed by atoms with Gasteiger partial charge >= 0.3 is 0 Å². The molecule has 0 saturated carbocycles. The van der Waals surface area contributed by atoms with Crippen LogP contribution in [0.15, 0.2) is 0 Å². The van der Waals surface area contributed by atoms with E-state index in [1.807, 2.05) is 0 Å². The molecule has 82 valence electrons. The van der Waals surface area contributed by atoms with Gasteiger partial charge in [0.15, 0.2) is 9.84 Å². The summed E-state index contributed by atoms with van der Waals surface area (Å²) in [5.74, 6) is 0.677. The van der Waals surface area contributed by atoms with Crippen molar-refractivity contribution in [1.82, 2.24) is 10.6 Å². The molecule has 0 aromatic rings. The van der Waals surface area contributed by atoms with Crippen LogP contribution in [-0.2, 0) is 9.84 Å². The lowest BCUT2D eigenvalue weighted by atomic mass is 10.00. The molecule has 0 spiro atoms. The van der Waals surface area contributed by atoms with E-state index in [0.717, 1.165) is 25.9 Å². The summed E-state index contributed by atoms with van der Waals surface area (Å²) in [7, 11) is -2.75. The number of rotatable bonds is 2. The van der Waals surface area contributed by atoms with Gasteiger partial charge in [0.1, 0.15) is 0 Å². The van der Waals surface area contributed by atoms with Gasteiger partial charge in [0, 0.05) is 18.1 Å². The minimum Gasteiger partial charge on any atom is -0.315 e. The monoisotopic (exact) mass is 218 g/mol. The van der Waals surface area contributed by atoms with Gasteiger partial charge in [-0.3, -0.25) is 0 Å². The minimum atomic E-state index is -2.75. The Hall–Kier alpha value is -0.130. The highest BCUT2D eigenvalue weighted by Crippen LogP contribution is 2.19. The van der Waals surface area contributed by atoms with Crippen molar-refractivity contribution in [1.29, 1.82) is 0 Å².